The van der Waals surface area contributed by atoms with Crippen LogP contribution in [0.2, 0.25) is 0 Å². The Bertz CT molecular complexity index is 1080. The quantitative estimate of drug-likeness (QED) is 0.673. The number of hydrogen-bond acceptors (Lipinski definition) is 3. The lowest BCUT2D eigenvalue weighted by atomic mass is 9.97. The number of unbranched alkanes of at least 4 members (excludes halogenated alkanes) is 1. The Morgan fingerprint density at radius 2 is 1.70 bits per heavy atom. The number of fused-ring (bicyclic) bond motifs is 2. The van der Waals surface area contributed by atoms with E-state index in [1.54, 1.807) is 11.0 Å². The van der Waals surface area contributed by atoms with Crippen LogP contribution in [-0.4, -0.2) is 17.4 Å². The van der Waals surface area contributed by atoms with Crippen LogP contribution in [0.25, 0.3) is 11.0 Å². The smallest absolute Gasteiger partial charge is 0.290 e. The first-order valence-electron chi connectivity index (χ1n) is 9.46. The van der Waals surface area contributed by atoms with Crippen molar-refractivity contribution >= 4 is 16.9 Å². The highest BCUT2D eigenvalue weighted by molar-refractivity contribution is 5.99. The SMILES string of the molecule is CCCCN1C(=O)c2oc3cc(C)ccc3c(=O)c2[C@@H]1c1ccc(C)cc1. The third-order valence-corrected chi connectivity index (χ3v) is 5.27. The molecule has 4 rings (SSSR count). The van der Waals surface area contributed by atoms with E-state index in [2.05, 4.69) is 6.92 Å². The van der Waals surface area contributed by atoms with Gasteiger partial charge < -0.3 is 9.32 Å². The fraction of sp³-hybridized carbons (Fsp3) is 0.304. The maximum absolute atomic E-state index is 13.3. The molecule has 27 heavy (non-hydrogen) atoms. The maximum atomic E-state index is 13.3. The third-order valence-electron chi connectivity index (χ3n) is 5.27. The summed E-state index contributed by atoms with van der Waals surface area (Å²) in [5.41, 5.74) is 3.92. The van der Waals surface area contributed by atoms with Crippen LogP contribution in [-0.2, 0) is 0 Å². The summed E-state index contributed by atoms with van der Waals surface area (Å²) in [5.74, 6) is 0.00399. The van der Waals surface area contributed by atoms with Gasteiger partial charge in [-0.2, -0.15) is 0 Å². The number of carbonyl (C=O) groups is 1. The molecule has 2 aromatic carbocycles. The van der Waals surface area contributed by atoms with E-state index in [-0.39, 0.29) is 23.1 Å². The first kappa shape index (κ1) is 17.5. The molecule has 4 heteroatoms. The largest absolute Gasteiger partial charge is 0.450 e. The maximum Gasteiger partial charge on any atom is 0.290 e. The molecule has 1 atom stereocenters. The van der Waals surface area contributed by atoms with Gasteiger partial charge in [-0.25, -0.2) is 0 Å². The molecule has 0 saturated carbocycles. The van der Waals surface area contributed by atoms with Crippen molar-refractivity contribution in [3.63, 3.8) is 0 Å². The molecule has 0 unspecified atom stereocenters. The van der Waals surface area contributed by atoms with Gasteiger partial charge in [0, 0.05) is 6.54 Å². The normalized spacial score (nSPS) is 16.2. The average Bonchev–Trinajstić information content (AvgIpc) is 2.93. The molecule has 0 aliphatic carbocycles. The van der Waals surface area contributed by atoms with Crippen LogP contribution in [0.1, 0.15) is 58.6 Å². The van der Waals surface area contributed by atoms with Crippen molar-refractivity contribution in [1.29, 1.82) is 0 Å². The lowest BCUT2D eigenvalue weighted by molar-refractivity contribution is 0.0725. The van der Waals surface area contributed by atoms with Gasteiger partial charge in [0.2, 0.25) is 5.76 Å². The molecule has 1 amide bonds. The van der Waals surface area contributed by atoms with Gasteiger partial charge in [-0.1, -0.05) is 49.2 Å². The first-order valence-corrected chi connectivity index (χ1v) is 9.46. The van der Waals surface area contributed by atoms with Crippen molar-refractivity contribution in [1.82, 2.24) is 4.90 Å². The molecule has 0 bridgehead atoms. The Hall–Kier alpha value is -2.88. The molecule has 3 aromatic rings. The Balaban J connectivity index is 1.96. The summed E-state index contributed by atoms with van der Waals surface area (Å²) >= 11 is 0. The van der Waals surface area contributed by atoms with E-state index in [1.807, 2.05) is 50.2 Å². The highest BCUT2D eigenvalue weighted by atomic mass is 16.3. The summed E-state index contributed by atoms with van der Waals surface area (Å²) < 4.78 is 5.97. The molecule has 0 radical (unpaired) electrons. The van der Waals surface area contributed by atoms with E-state index >= 15 is 0 Å². The zero-order valence-corrected chi connectivity index (χ0v) is 15.9. The molecule has 1 aliphatic heterocycles. The number of nitrogens with zero attached hydrogens (tertiary/aromatic N) is 1. The summed E-state index contributed by atoms with van der Waals surface area (Å²) in [6.45, 7) is 6.66. The number of hydrogen-bond donors (Lipinski definition) is 0. The molecule has 0 fully saturated rings. The van der Waals surface area contributed by atoms with Crippen molar-refractivity contribution in [3.8, 4) is 0 Å². The first-order chi connectivity index (χ1) is 13.0. The Kier molecular flexibility index (Phi) is 4.34. The van der Waals surface area contributed by atoms with Gasteiger partial charge in [-0.15, -0.1) is 0 Å². The summed E-state index contributed by atoms with van der Waals surface area (Å²) in [4.78, 5) is 28.2. The number of rotatable bonds is 4. The second kappa shape index (κ2) is 6.69. The van der Waals surface area contributed by atoms with Crippen molar-refractivity contribution < 1.29 is 9.21 Å². The van der Waals surface area contributed by atoms with Gasteiger partial charge in [0.1, 0.15) is 5.58 Å². The predicted octanol–water partition coefficient (Wildman–Crippen LogP) is 4.76. The molecule has 2 heterocycles. The van der Waals surface area contributed by atoms with E-state index in [0.717, 1.165) is 29.5 Å². The minimum atomic E-state index is -0.387. The number of carbonyl (C=O) groups excluding carboxylic acids is 1. The zero-order valence-electron chi connectivity index (χ0n) is 15.9. The van der Waals surface area contributed by atoms with Crippen molar-refractivity contribution in [2.45, 2.75) is 39.7 Å². The van der Waals surface area contributed by atoms with E-state index in [9.17, 15) is 9.59 Å². The van der Waals surface area contributed by atoms with Gasteiger partial charge in [0.05, 0.1) is 17.0 Å². The number of benzene rings is 2. The highest BCUT2D eigenvalue weighted by Gasteiger charge is 2.42. The molecule has 0 spiro atoms. The summed E-state index contributed by atoms with van der Waals surface area (Å²) in [5, 5.41) is 0.529. The molecular weight excluding hydrogens is 338 g/mol. The van der Waals surface area contributed by atoms with Crippen molar-refractivity contribution in [2.75, 3.05) is 6.54 Å². The van der Waals surface area contributed by atoms with Crippen LogP contribution in [0.5, 0.6) is 0 Å². The molecule has 0 N–H and O–H groups in total. The molecule has 1 aliphatic rings. The van der Waals surface area contributed by atoms with Gasteiger partial charge in [0.25, 0.3) is 5.91 Å². The number of aryl methyl sites for hydroxylation is 2. The van der Waals surface area contributed by atoms with Gasteiger partial charge in [0.15, 0.2) is 5.43 Å². The topological polar surface area (TPSA) is 50.5 Å². The van der Waals surface area contributed by atoms with Gasteiger partial charge in [-0.05, 0) is 43.5 Å². The standard InChI is InChI=1S/C23H23NO3/c1-4-5-12-24-20(16-9-6-14(2)7-10-16)19-21(25)17-11-8-15(3)13-18(17)27-22(19)23(24)26/h6-11,13,20H,4-5,12H2,1-3H3/t20-/m0/s1. The Labute approximate surface area is 158 Å². The van der Waals surface area contributed by atoms with Crippen LogP contribution in [0.15, 0.2) is 51.7 Å². The van der Waals surface area contributed by atoms with E-state index in [0.29, 0.717) is 23.1 Å². The minimum Gasteiger partial charge on any atom is -0.450 e. The number of amides is 1. The average molecular weight is 361 g/mol. The second-order valence-corrected chi connectivity index (χ2v) is 7.34. The van der Waals surface area contributed by atoms with Gasteiger partial charge >= 0.3 is 0 Å². The minimum absolute atomic E-state index is 0.107. The van der Waals surface area contributed by atoms with Crippen LogP contribution in [0.4, 0.5) is 0 Å². The molecule has 0 saturated heterocycles. The molecule has 1 aromatic heterocycles. The van der Waals surface area contributed by atoms with Crippen molar-refractivity contribution in [3.05, 3.63) is 80.7 Å². The lowest BCUT2D eigenvalue weighted by Gasteiger charge is -2.25. The lowest BCUT2D eigenvalue weighted by Crippen LogP contribution is -2.30. The van der Waals surface area contributed by atoms with Gasteiger partial charge in [-0.3, -0.25) is 9.59 Å². The monoisotopic (exact) mass is 361 g/mol. The summed E-state index contributed by atoms with van der Waals surface area (Å²) in [7, 11) is 0. The highest BCUT2D eigenvalue weighted by Crippen LogP contribution is 2.38. The van der Waals surface area contributed by atoms with Crippen LogP contribution >= 0.6 is 0 Å². The van der Waals surface area contributed by atoms with E-state index < -0.39 is 0 Å². The van der Waals surface area contributed by atoms with Crippen LogP contribution in [0.3, 0.4) is 0 Å². The fourth-order valence-electron chi connectivity index (χ4n) is 3.78. The third kappa shape index (κ3) is 2.85. The predicted molar refractivity (Wildman–Crippen MR) is 106 cm³/mol. The Morgan fingerprint density at radius 1 is 1.00 bits per heavy atom. The molecule has 4 nitrogen and oxygen atoms in total. The fourth-order valence-corrected chi connectivity index (χ4v) is 3.78. The van der Waals surface area contributed by atoms with Crippen LogP contribution in [0, 0.1) is 13.8 Å². The summed E-state index contributed by atoms with van der Waals surface area (Å²) in [6.07, 6.45) is 1.86. The van der Waals surface area contributed by atoms with Crippen molar-refractivity contribution in [2.24, 2.45) is 0 Å². The Morgan fingerprint density at radius 3 is 2.41 bits per heavy atom. The zero-order chi connectivity index (χ0) is 19.1. The van der Waals surface area contributed by atoms with E-state index in [4.69, 9.17) is 4.42 Å². The second-order valence-electron chi connectivity index (χ2n) is 7.34. The molecule has 138 valence electrons. The van der Waals surface area contributed by atoms with Crippen LogP contribution < -0.4 is 5.43 Å². The van der Waals surface area contributed by atoms with E-state index in [1.165, 1.54) is 0 Å². The molecular formula is C23H23NO3. The summed E-state index contributed by atoms with van der Waals surface area (Å²) in [6, 6.07) is 13.2.